The van der Waals surface area contributed by atoms with Crippen molar-refractivity contribution in [2.75, 3.05) is 31.6 Å². The molecule has 2 heterocycles. The largest absolute Gasteiger partial charge is 0.324 e. The monoisotopic (exact) mass is 273 g/mol. The second-order valence-corrected chi connectivity index (χ2v) is 5.92. The number of benzene rings is 1. The predicted octanol–water partition coefficient (Wildman–Crippen LogP) is 2.45. The zero-order valence-electron chi connectivity index (χ0n) is 12.1. The van der Waals surface area contributed by atoms with Crippen molar-refractivity contribution >= 4 is 11.7 Å². The van der Waals surface area contributed by atoms with Gasteiger partial charge in [-0.05, 0) is 49.9 Å². The van der Waals surface area contributed by atoms with E-state index in [0.29, 0.717) is 5.92 Å². The summed E-state index contributed by atoms with van der Waals surface area (Å²) in [5.41, 5.74) is 2.34. The van der Waals surface area contributed by atoms with Crippen LogP contribution < -0.4 is 10.2 Å². The van der Waals surface area contributed by atoms with Crippen LogP contribution in [-0.2, 0) is 6.54 Å². The second-order valence-electron chi connectivity index (χ2n) is 5.92. The number of nitrogens with one attached hydrogen (secondary N) is 1. The molecule has 0 radical (unpaired) electrons. The average Bonchev–Trinajstić information content (AvgIpc) is 2.49. The highest BCUT2D eigenvalue weighted by Crippen LogP contribution is 2.28. The molecule has 20 heavy (non-hydrogen) atoms. The number of rotatable bonds is 3. The standard InChI is InChI=1S/C16H23N3O/c1-18-12-14-6-2-3-7-15(14)19(16(18)20)10-8-13-5-4-9-17-11-13/h2-3,6-7,13,17H,4-5,8-12H2,1H3. The van der Waals surface area contributed by atoms with Crippen LogP contribution in [0.25, 0.3) is 0 Å². The van der Waals surface area contributed by atoms with E-state index in [1.54, 1.807) is 4.90 Å². The maximum absolute atomic E-state index is 12.4. The fourth-order valence-electron chi connectivity index (χ4n) is 3.24. The number of hydrogen-bond acceptors (Lipinski definition) is 2. The van der Waals surface area contributed by atoms with Crippen molar-refractivity contribution in [3.05, 3.63) is 29.8 Å². The molecule has 4 heteroatoms. The maximum atomic E-state index is 12.4. The highest BCUT2D eigenvalue weighted by Gasteiger charge is 2.28. The lowest BCUT2D eigenvalue weighted by atomic mass is 9.95. The Morgan fingerprint density at radius 2 is 2.20 bits per heavy atom. The van der Waals surface area contributed by atoms with E-state index in [-0.39, 0.29) is 6.03 Å². The van der Waals surface area contributed by atoms with Gasteiger partial charge in [0.1, 0.15) is 0 Å². The van der Waals surface area contributed by atoms with Crippen LogP contribution >= 0.6 is 0 Å². The van der Waals surface area contributed by atoms with Crippen LogP contribution in [0.2, 0.25) is 0 Å². The normalized spacial score (nSPS) is 22.9. The summed E-state index contributed by atoms with van der Waals surface area (Å²) in [6.07, 6.45) is 3.63. The maximum Gasteiger partial charge on any atom is 0.324 e. The molecule has 3 rings (SSSR count). The zero-order chi connectivity index (χ0) is 13.9. The third-order valence-electron chi connectivity index (χ3n) is 4.41. The van der Waals surface area contributed by atoms with E-state index in [1.807, 2.05) is 24.1 Å². The summed E-state index contributed by atoms with van der Waals surface area (Å²) >= 11 is 0. The van der Waals surface area contributed by atoms with Crippen molar-refractivity contribution in [3.8, 4) is 0 Å². The highest BCUT2D eigenvalue weighted by atomic mass is 16.2. The molecular formula is C16H23N3O. The van der Waals surface area contributed by atoms with Crippen molar-refractivity contribution in [1.29, 1.82) is 0 Å². The van der Waals surface area contributed by atoms with Gasteiger partial charge in [0, 0.05) is 20.1 Å². The molecule has 1 unspecified atom stereocenters. The van der Waals surface area contributed by atoms with Gasteiger partial charge in [-0.2, -0.15) is 0 Å². The molecule has 4 nitrogen and oxygen atoms in total. The van der Waals surface area contributed by atoms with Gasteiger partial charge in [0.15, 0.2) is 0 Å². The predicted molar refractivity (Wildman–Crippen MR) is 80.9 cm³/mol. The second kappa shape index (κ2) is 5.83. The van der Waals surface area contributed by atoms with Crippen molar-refractivity contribution in [1.82, 2.24) is 10.2 Å². The van der Waals surface area contributed by atoms with E-state index in [0.717, 1.165) is 38.3 Å². The smallest absolute Gasteiger partial charge is 0.323 e. The fourth-order valence-corrected chi connectivity index (χ4v) is 3.24. The van der Waals surface area contributed by atoms with E-state index in [1.165, 1.54) is 18.4 Å². The van der Waals surface area contributed by atoms with E-state index in [9.17, 15) is 4.79 Å². The molecule has 1 saturated heterocycles. The summed E-state index contributed by atoms with van der Waals surface area (Å²) in [4.78, 5) is 16.2. The zero-order valence-corrected chi connectivity index (χ0v) is 12.1. The molecule has 0 aliphatic carbocycles. The number of nitrogens with zero attached hydrogens (tertiary/aromatic N) is 2. The first kappa shape index (κ1) is 13.4. The van der Waals surface area contributed by atoms with Crippen LogP contribution in [0, 0.1) is 5.92 Å². The van der Waals surface area contributed by atoms with Gasteiger partial charge in [-0.15, -0.1) is 0 Å². The summed E-state index contributed by atoms with van der Waals surface area (Å²) < 4.78 is 0. The molecule has 2 amide bonds. The minimum absolute atomic E-state index is 0.132. The van der Waals surface area contributed by atoms with Gasteiger partial charge in [-0.25, -0.2) is 4.79 Å². The Hall–Kier alpha value is -1.55. The number of hydrogen-bond donors (Lipinski definition) is 1. The summed E-state index contributed by atoms with van der Waals surface area (Å²) in [6.45, 7) is 3.78. The van der Waals surface area contributed by atoms with E-state index in [4.69, 9.17) is 0 Å². The Labute approximate surface area is 120 Å². The molecule has 2 aliphatic heterocycles. The minimum atomic E-state index is 0.132. The minimum Gasteiger partial charge on any atom is -0.323 e. The number of para-hydroxylation sites is 1. The van der Waals surface area contributed by atoms with Crippen LogP contribution in [0.15, 0.2) is 24.3 Å². The number of anilines is 1. The van der Waals surface area contributed by atoms with E-state index in [2.05, 4.69) is 17.4 Å². The highest BCUT2D eigenvalue weighted by molar-refractivity contribution is 5.94. The summed E-state index contributed by atoms with van der Waals surface area (Å²) in [6, 6.07) is 8.39. The van der Waals surface area contributed by atoms with E-state index >= 15 is 0 Å². The molecule has 1 aromatic carbocycles. The average molecular weight is 273 g/mol. The van der Waals surface area contributed by atoms with Crippen molar-refractivity contribution in [2.45, 2.75) is 25.8 Å². The van der Waals surface area contributed by atoms with Gasteiger partial charge in [0.25, 0.3) is 0 Å². The van der Waals surface area contributed by atoms with Crippen molar-refractivity contribution in [3.63, 3.8) is 0 Å². The van der Waals surface area contributed by atoms with Crippen molar-refractivity contribution in [2.24, 2.45) is 5.92 Å². The molecule has 1 fully saturated rings. The van der Waals surface area contributed by atoms with Gasteiger partial charge < -0.3 is 10.2 Å². The van der Waals surface area contributed by atoms with Crippen LogP contribution in [0.4, 0.5) is 10.5 Å². The Morgan fingerprint density at radius 1 is 1.35 bits per heavy atom. The van der Waals surface area contributed by atoms with Gasteiger partial charge in [0.05, 0.1) is 5.69 Å². The van der Waals surface area contributed by atoms with Crippen LogP contribution in [0.1, 0.15) is 24.8 Å². The van der Waals surface area contributed by atoms with Gasteiger partial charge >= 0.3 is 6.03 Å². The Bertz CT molecular complexity index is 482. The van der Waals surface area contributed by atoms with Gasteiger partial charge in [0.2, 0.25) is 0 Å². The Morgan fingerprint density at radius 3 is 3.00 bits per heavy atom. The van der Waals surface area contributed by atoms with Gasteiger partial charge in [-0.3, -0.25) is 4.90 Å². The van der Waals surface area contributed by atoms with E-state index < -0.39 is 0 Å². The first-order valence-corrected chi connectivity index (χ1v) is 7.57. The molecule has 108 valence electrons. The molecule has 1 aromatic rings. The Balaban J connectivity index is 1.72. The van der Waals surface area contributed by atoms with Crippen LogP contribution in [0.3, 0.4) is 0 Å². The molecule has 0 bridgehead atoms. The molecule has 0 aromatic heterocycles. The number of fused-ring (bicyclic) bond motifs is 1. The molecular weight excluding hydrogens is 250 g/mol. The quantitative estimate of drug-likeness (QED) is 0.918. The third kappa shape index (κ3) is 2.66. The molecule has 0 spiro atoms. The summed E-state index contributed by atoms with van der Waals surface area (Å²) in [7, 11) is 1.88. The SMILES string of the molecule is CN1Cc2ccccc2N(CCC2CCCNC2)C1=O. The van der Waals surface area contributed by atoms with Crippen molar-refractivity contribution < 1.29 is 4.79 Å². The fraction of sp³-hybridized carbons (Fsp3) is 0.562. The molecule has 1 N–H and O–H groups in total. The van der Waals surface area contributed by atoms with Gasteiger partial charge in [-0.1, -0.05) is 18.2 Å². The molecule has 0 saturated carbocycles. The Kier molecular flexibility index (Phi) is 3.92. The number of carbonyl (C=O) groups excluding carboxylic acids is 1. The van der Waals surface area contributed by atoms with Crippen LogP contribution in [0.5, 0.6) is 0 Å². The van der Waals surface area contributed by atoms with Crippen LogP contribution in [-0.4, -0.2) is 37.6 Å². The lowest BCUT2D eigenvalue weighted by Gasteiger charge is -2.36. The lowest BCUT2D eigenvalue weighted by molar-refractivity contribution is 0.209. The summed E-state index contributed by atoms with van der Waals surface area (Å²) in [5.74, 6) is 0.705. The number of urea groups is 1. The third-order valence-corrected chi connectivity index (χ3v) is 4.41. The number of carbonyl (C=O) groups is 1. The number of amides is 2. The number of piperidine rings is 1. The molecule has 2 aliphatic rings. The summed E-state index contributed by atoms with van der Waals surface area (Å²) in [5, 5.41) is 3.45. The topological polar surface area (TPSA) is 35.6 Å². The molecule has 1 atom stereocenters. The first-order valence-electron chi connectivity index (χ1n) is 7.57. The lowest BCUT2D eigenvalue weighted by Crippen LogP contribution is -2.46. The first-order chi connectivity index (χ1) is 9.75.